The van der Waals surface area contributed by atoms with Crippen molar-refractivity contribution in [2.75, 3.05) is 6.61 Å². The highest BCUT2D eigenvalue weighted by Crippen LogP contribution is 2.29. The maximum atomic E-state index is 13.2. The number of hydrogen-bond donors (Lipinski definition) is 1. The van der Waals surface area contributed by atoms with Crippen LogP contribution in [0.1, 0.15) is 58.1 Å². The lowest BCUT2D eigenvalue weighted by molar-refractivity contribution is -0.143. The molecule has 2 amide bonds. The third-order valence-corrected chi connectivity index (χ3v) is 5.61. The second-order valence-corrected chi connectivity index (χ2v) is 9.08. The van der Waals surface area contributed by atoms with E-state index in [1.807, 2.05) is 69.3 Å². The summed E-state index contributed by atoms with van der Waals surface area (Å²) < 4.78 is 6.65. The lowest BCUT2D eigenvalue weighted by atomic mass is 10.0. The fourth-order valence-electron chi connectivity index (χ4n) is 3.30. The Hall–Kier alpha value is -2.34. The van der Waals surface area contributed by atoms with Gasteiger partial charge in [0.25, 0.3) is 5.91 Å². The molecule has 0 aromatic heterocycles. The molecule has 1 unspecified atom stereocenters. The van der Waals surface area contributed by atoms with E-state index in [4.69, 9.17) is 4.74 Å². The molecule has 1 atom stereocenters. The zero-order valence-corrected chi connectivity index (χ0v) is 20.6. The van der Waals surface area contributed by atoms with Crippen LogP contribution in [0.4, 0.5) is 0 Å². The van der Waals surface area contributed by atoms with Crippen LogP contribution in [0.3, 0.4) is 0 Å². The number of ether oxygens (including phenoxy) is 1. The van der Waals surface area contributed by atoms with Gasteiger partial charge in [0.1, 0.15) is 11.8 Å². The molecule has 6 heteroatoms. The van der Waals surface area contributed by atoms with E-state index in [9.17, 15) is 9.59 Å². The minimum atomic E-state index is -0.564. The van der Waals surface area contributed by atoms with Crippen molar-refractivity contribution in [3.63, 3.8) is 0 Å². The highest BCUT2D eigenvalue weighted by Gasteiger charge is 2.29. The Morgan fingerprint density at radius 1 is 1.06 bits per heavy atom. The van der Waals surface area contributed by atoms with Crippen LogP contribution in [0.5, 0.6) is 5.75 Å². The first-order valence-corrected chi connectivity index (χ1v) is 11.6. The van der Waals surface area contributed by atoms with Crippen molar-refractivity contribution in [2.24, 2.45) is 0 Å². The molecule has 2 aromatic rings. The summed E-state index contributed by atoms with van der Waals surface area (Å²) in [4.78, 5) is 27.6. The van der Waals surface area contributed by atoms with Gasteiger partial charge in [-0.15, -0.1) is 0 Å². The van der Waals surface area contributed by atoms with Crippen molar-refractivity contribution in [3.8, 4) is 5.75 Å². The van der Waals surface area contributed by atoms with Gasteiger partial charge in [0.15, 0.2) is 6.61 Å². The summed E-state index contributed by atoms with van der Waals surface area (Å²) in [5.41, 5.74) is 2.15. The van der Waals surface area contributed by atoms with Crippen LogP contribution in [-0.4, -0.2) is 35.4 Å². The van der Waals surface area contributed by atoms with Crippen molar-refractivity contribution >= 4 is 27.7 Å². The van der Waals surface area contributed by atoms with E-state index in [0.29, 0.717) is 24.6 Å². The maximum Gasteiger partial charge on any atom is 0.261 e. The third-order valence-electron chi connectivity index (χ3n) is 4.99. The smallest absolute Gasteiger partial charge is 0.261 e. The minimum Gasteiger partial charge on any atom is -0.483 e. The summed E-state index contributed by atoms with van der Waals surface area (Å²) in [5.74, 6) is 0.633. The van der Waals surface area contributed by atoms with Crippen molar-refractivity contribution in [2.45, 2.75) is 65.6 Å². The standard InChI is InChI=1S/C25H33BrN2O3/c1-6-22(25(30)27-18(4)5)28(15-19-10-8-7-9-11-19)24(29)16-31-23-13-12-20(17(2)3)14-21(23)26/h7-14,17-18,22H,6,15-16H2,1-5H3,(H,27,30). The van der Waals surface area contributed by atoms with Gasteiger partial charge in [-0.25, -0.2) is 0 Å². The van der Waals surface area contributed by atoms with E-state index in [-0.39, 0.29) is 24.5 Å². The Morgan fingerprint density at radius 2 is 1.74 bits per heavy atom. The zero-order valence-electron chi connectivity index (χ0n) is 19.0. The molecule has 31 heavy (non-hydrogen) atoms. The van der Waals surface area contributed by atoms with Gasteiger partial charge in [-0.3, -0.25) is 9.59 Å². The highest BCUT2D eigenvalue weighted by molar-refractivity contribution is 9.10. The maximum absolute atomic E-state index is 13.2. The molecular weight excluding hydrogens is 456 g/mol. The molecule has 0 heterocycles. The zero-order chi connectivity index (χ0) is 23.0. The largest absolute Gasteiger partial charge is 0.483 e. The Balaban J connectivity index is 2.20. The summed E-state index contributed by atoms with van der Waals surface area (Å²) in [6.07, 6.45) is 0.518. The van der Waals surface area contributed by atoms with Gasteiger partial charge in [-0.05, 0) is 65.4 Å². The number of benzene rings is 2. The Bertz CT molecular complexity index is 868. The molecule has 0 radical (unpaired) electrons. The van der Waals surface area contributed by atoms with E-state index in [1.54, 1.807) is 4.90 Å². The molecule has 5 nitrogen and oxygen atoms in total. The van der Waals surface area contributed by atoms with E-state index in [0.717, 1.165) is 10.0 Å². The normalized spacial score (nSPS) is 12.0. The Labute approximate surface area is 194 Å². The summed E-state index contributed by atoms with van der Waals surface area (Å²) in [5, 5.41) is 2.93. The fourth-order valence-corrected chi connectivity index (χ4v) is 3.81. The number of hydrogen-bond acceptors (Lipinski definition) is 3. The molecule has 2 rings (SSSR count). The average Bonchev–Trinajstić information content (AvgIpc) is 2.72. The molecule has 0 aliphatic carbocycles. The number of nitrogens with one attached hydrogen (secondary N) is 1. The van der Waals surface area contributed by atoms with E-state index < -0.39 is 6.04 Å². The number of amides is 2. The molecule has 0 fully saturated rings. The van der Waals surface area contributed by atoms with Gasteiger partial charge < -0.3 is 15.0 Å². The van der Waals surface area contributed by atoms with Crippen molar-refractivity contribution < 1.29 is 14.3 Å². The predicted octanol–water partition coefficient (Wildman–Crippen LogP) is 5.28. The summed E-state index contributed by atoms with van der Waals surface area (Å²) in [6, 6.07) is 15.0. The van der Waals surface area contributed by atoms with Crippen LogP contribution in [-0.2, 0) is 16.1 Å². The Kier molecular flexibility index (Phi) is 9.56. The minimum absolute atomic E-state index is 0.00176. The number of nitrogens with zero attached hydrogens (tertiary/aromatic N) is 1. The summed E-state index contributed by atoms with van der Waals surface area (Å²) in [7, 11) is 0. The van der Waals surface area contributed by atoms with Gasteiger partial charge in [0.05, 0.1) is 4.47 Å². The van der Waals surface area contributed by atoms with Gasteiger partial charge in [-0.2, -0.15) is 0 Å². The quantitative estimate of drug-likeness (QED) is 0.494. The van der Waals surface area contributed by atoms with Gasteiger partial charge >= 0.3 is 0 Å². The van der Waals surface area contributed by atoms with Crippen LogP contribution in [0.15, 0.2) is 53.0 Å². The predicted molar refractivity (Wildman–Crippen MR) is 128 cm³/mol. The highest BCUT2D eigenvalue weighted by atomic mass is 79.9. The fraction of sp³-hybridized carbons (Fsp3) is 0.440. The molecular formula is C25H33BrN2O3. The first-order valence-electron chi connectivity index (χ1n) is 10.8. The third kappa shape index (κ3) is 7.39. The molecule has 0 aliphatic heterocycles. The molecule has 168 valence electrons. The van der Waals surface area contributed by atoms with Crippen molar-refractivity contribution in [1.82, 2.24) is 10.2 Å². The second-order valence-electron chi connectivity index (χ2n) is 8.23. The first-order chi connectivity index (χ1) is 14.7. The Morgan fingerprint density at radius 3 is 2.29 bits per heavy atom. The van der Waals surface area contributed by atoms with Crippen molar-refractivity contribution in [1.29, 1.82) is 0 Å². The van der Waals surface area contributed by atoms with Crippen molar-refractivity contribution in [3.05, 3.63) is 64.1 Å². The van der Waals surface area contributed by atoms with Gasteiger partial charge in [0, 0.05) is 12.6 Å². The molecule has 0 saturated heterocycles. The summed E-state index contributed by atoms with van der Waals surface area (Å²) in [6.45, 7) is 10.2. The number of carbonyl (C=O) groups is 2. The van der Waals surface area contributed by atoms with E-state index in [1.165, 1.54) is 5.56 Å². The van der Waals surface area contributed by atoms with E-state index >= 15 is 0 Å². The lowest BCUT2D eigenvalue weighted by Crippen LogP contribution is -2.51. The monoisotopic (exact) mass is 488 g/mol. The molecule has 0 saturated carbocycles. The van der Waals surface area contributed by atoms with Crippen LogP contribution in [0, 0.1) is 0 Å². The molecule has 0 aliphatic rings. The first kappa shape index (κ1) is 24.9. The molecule has 0 bridgehead atoms. The second kappa shape index (κ2) is 11.9. The number of rotatable bonds is 10. The van der Waals surface area contributed by atoms with Crippen LogP contribution < -0.4 is 10.1 Å². The van der Waals surface area contributed by atoms with Crippen LogP contribution in [0.2, 0.25) is 0 Å². The average molecular weight is 489 g/mol. The van der Waals surface area contributed by atoms with Crippen LogP contribution in [0.25, 0.3) is 0 Å². The molecule has 0 spiro atoms. The molecule has 2 aromatic carbocycles. The number of halogens is 1. The molecule has 1 N–H and O–H groups in total. The topological polar surface area (TPSA) is 58.6 Å². The van der Waals surface area contributed by atoms with Gasteiger partial charge in [0.2, 0.25) is 5.91 Å². The van der Waals surface area contributed by atoms with Gasteiger partial charge in [-0.1, -0.05) is 57.2 Å². The number of carbonyl (C=O) groups excluding carboxylic acids is 2. The SMILES string of the molecule is CCC(C(=O)NC(C)C)N(Cc1ccccc1)C(=O)COc1ccc(C(C)C)cc1Br. The van der Waals surface area contributed by atoms with E-state index in [2.05, 4.69) is 35.1 Å². The van der Waals surface area contributed by atoms with Crippen LogP contribution >= 0.6 is 15.9 Å². The lowest BCUT2D eigenvalue weighted by Gasteiger charge is -2.31. The summed E-state index contributed by atoms with van der Waals surface area (Å²) >= 11 is 3.54.